The van der Waals surface area contributed by atoms with E-state index in [0.29, 0.717) is 5.76 Å². The first-order valence-electron chi connectivity index (χ1n) is 11.7. The van der Waals surface area contributed by atoms with Gasteiger partial charge in [0.2, 0.25) is 0 Å². The quantitative estimate of drug-likeness (QED) is 0.626. The summed E-state index contributed by atoms with van der Waals surface area (Å²) < 4.78 is 7.13. The molecule has 1 amide bonds. The Labute approximate surface area is 192 Å². The first-order valence-corrected chi connectivity index (χ1v) is 11.7. The first kappa shape index (κ1) is 21.3. The third-order valence-corrected chi connectivity index (χ3v) is 6.46. The molecule has 8 heteroatoms. The predicted molar refractivity (Wildman–Crippen MR) is 127 cm³/mol. The van der Waals surface area contributed by atoms with Gasteiger partial charge in [-0.25, -0.2) is 4.68 Å². The molecule has 1 aliphatic carbocycles. The Bertz CT molecular complexity index is 1140. The average molecular weight is 448 g/mol. The summed E-state index contributed by atoms with van der Waals surface area (Å²) in [6, 6.07) is 17.3. The summed E-state index contributed by atoms with van der Waals surface area (Å²) in [6.45, 7) is 3.62. The highest BCUT2D eigenvalue weighted by atomic mass is 16.4. The van der Waals surface area contributed by atoms with Gasteiger partial charge in [0.05, 0.1) is 0 Å². The number of rotatable bonds is 6. The molecule has 8 nitrogen and oxygen atoms in total. The average Bonchev–Trinajstić information content (AvgIpc) is 3.54. The molecule has 1 saturated heterocycles. The molecule has 3 heterocycles. The monoisotopic (exact) mass is 447 g/mol. The topological polar surface area (TPSA) is 83.6 Å². The Morgan fingerprint density at radius 2 is 1.67 bits per heavy atom. The second-order valence-corrected chi connectivity index (χ2v) is 8.72. The number of aromatic nitrogens is 2. The van der Waals surface area contributed by atoms with Crippen LogP contribution in [-0.4, -0.2) is 47.9 Å². The molecule has 33 heavy (non-hydrogen) atoms. The van der Waals surface area contributed by atoms with E-state index >= 15 is 0 Å². The van der Waals surface area contributed by atoms with Crippen molar-refractivity contribution in [2.45, 2.75) is 38.3 Å². The van der Waals surface area contributed by atoms with E-state index in [-0.39, 0.29) is 29.8 Å². The second-order valence-electron chi connectivity index (χ2n) is 8.72. The molecule has 1 aromatic carbocycles. The molecule has 0 spiro atoms. The van der Waals surface area contributed by atoms with Crippen molar-refractivity contribution in [3.8, 4) is 0 Å². The van der Waals surface area contributed by atoms with Crippen LogP contribution in [0.4, 0.5) is 11.5 Å². The van der Waals surface area contributed by atoms with Crippen LogP contribution in [0, 0.1) is 0 Å². The lowest BCUT2D eigenvalue weighted by Gasteiger charge is -2.36. The summed E-state index contributed by atoms with van der Waals surface area (Å²) in [5, 5.41) is 7.60. The molecule has 0 radical (unpaired) electrons. The van der Waals surface area contributed by atoms with Crippen molar-refractivity contribution in [3.63, 3.8) is 0 Å². The van der Waals surface area contributed by atoms with E-state index in [1.54, 1.807) is 24.3 Å². The van der Waals surface area contributed by atoms with E-state index < -0.39 is 0 Å². The third-order valence-electron chi connectivity index (χ3n) is 6.46. The summed E-state index contributed by atoms with van der Waals surface area (Å²) in [5.41, 5.74) is 1.02. The molecule has 172 valence electrons. The number of furan rings is 1. The van der Waals surface area contributed by atoms with Crippen molar-refractivity contribution in [1.29, 1.82) is 0 Å². The largest absolute Gasteiger partial charge is 0.454 e. The number of nitrogens with one attached hydrogen (secondary N) is 1. The zero-order valence-electron chi connectivity index (χ0n) is 18.7. The van der Waals surface area contributed by atoms with Crippen molar-refractivity contribution in [2.75, 3.05) is 36.0 Å². The number of carbonyl (C=O) groups excluding carboxylic acids is 1. The summed E-state index contributed by atoms with van der Waals surface area (Å²) >= 11 is 0. The number of benzene rings is 1. The highest BCUT2D eigenvalue weighted by Crippen LogP contribution is 2.20. The maximum atomic E-state index is 12.4. The predicted octanol–water partition coefficient (Wildman–Crippen LogP) is 2.88. The lowest BCUT2D eigenvalue weighted by molar-refractivity contribution is 0.0907. The number of nitrogens with zero attached hydrogens (tertiary/aromatic N) is 4. The van der Waals surface area contributed by atoms with Crippen molar-refractivity contribution in [3.05, 3.63) is 76.5 Å². The molecule has 2 aromatic heterocycles. The fourth-order valence-electron chi connectivity index (χ4n) is 4.61. The van der Waals surface area contributed by atoms with Gasteiger partial charge in [-0.05, 0) is 43.2 Å². The molecule has 5 rings (SSSR count). The van der Waals surface area contributed by atoms with Gasteiger partial charge in [-0.2, -0.15) is 5.10 Å². The van der Waals surface area contributed by atoms with Crippen LogP contribution < -0.4 is 20.7 Å². The van der Waals surface area contributed by atoms with Gasteiger partial charge in [0.15, 0.2) is 5.76 Å². The van der Waals surface area contributed by atoms with Crippen LogP contribution in [0.5, 0.6) is 0 Å². The zero-order chi connectivity index (χ0) is 22.6. The van der Waals surface area contributed by atoms with Gasteiger partial charge in [0.1, 0.15) is 18.1 Å². The Morgan fingerprint density at radius 1 is 0.939 bits per heavy atom. The van der Waals surface area contributed by atoms with Crippen molar-refractivity contribution >= 4 is 17.4 Å². The van der Waals surface area contributed by atoms with Gasteiger partial charge >= 0.3 is 0 Å². The molecule has 1 N–H and O–H groups in total. The number of amides is 1. The number of anilines is 2. The molecular formula is C25H29N5O3. The molecule has 0 unspecified atom stereocenters. The fourth-order valence-corrected chi connectivity index (χ4v) is 4.61. The standard InChI is InChI=1S/C25H29N5O3/c31-24-13-12-23(29-16-14-28(15-17-29)20-8-2-1-3-9-20)27-30(24)18-21-10-11-22(33-21)25(32)26-19-6-4-5-7-19/h1-3,8-13,19H,4-7,14-18H2,(H,26,32). The smallest absolute Gasteiger partial charge is 0.287 e. The fraction of sp³-hybridized carbons (Fsp3) is 0.400. The van der Waals surface area contributed by atoms with Gasteiger partial charge in [-0.1, -0.05) is 31.0 Å². The third kappa shape index (κ3) is 4.94. The van der Waals surface area contributed by atoms with Crippen LogP contribution in [-0.2, 0) is 6.54 Å². The van der Waals surface area contributed by atoms with Crippen LogP contribution in [0.3, 0.4) is 0 Å². The number of para-hydroxylation sites is 1. The van der Waals surface area contributed by atoms with Crippen LogP contribution in [0.2, 0.25) is 0 Å². The summed E-state index contributed by atoms with van der Waals surface area (Å²) in [6.07, 6.45) is 4.34. The first-order chi connectivity index (χ1) is 16.2. The van der Waals surface area contributed by atoms with Crippen molar-refractivity contribution in [1.82, 2.24) is 15.1 Å². The van der Waals surface area contributed by atoms with E-state index in [0.717, 1.165) is 57.7 Å². The van der Waals surface area contributed by atoms with Crippen LogP contribution in [0.1, 0.15) is 42.0 Å². The number of piperazine rings is 1. The lowest BCUT2D eigenvalue weighted by Crippen LogP contribution is -2.47. The SMILES string of the molecule is O=C(NC1CCCC1)c1ccc(Cn2nc(N3CCN(c4ccccc4)CC3)ccc2=O)o1. The van der Waals surface area contributed by atoms with Gasteiger partial charge in [-0.3, -0.25) is 9.59 Å². The normalized spacial score (nSPS) is 16.8. The summed E-state index contributed by atoms with van der Waals surface area (Å²) in [5.74, 6) is 1.39. The molecule has 2 aliphatic rings. The Hall–Kier alpha value is -3.55. The Morgan fingerprint density at radius 3 is 2.42 bits per heavy atom. The van der Waals surface area contributed by atoms with E-state index in [4.69, 9.17) is 4.42 Å². The van der Waals surface area contributed by atoms with Gasteiger partial charge < -0.3 is 19.5 Å². The van der Waals surface area contributed by atoms with Gasteiger partial charge in [0, 0.05) is 44.0 Å². The molecule has 0 bridgehead atoms. The van der Waals surface area contributed by atoms with E-state index in [9.17, 15) is 9.59 Å². The number of hydrogen-bond donors (Lipinski definition) is 1. The molecule has 2 fully saturated rings. The number of carbonyl (C=O) groups is 1. The van der Waals surface area contributed by atoms with Gasteiger partial charge in [-0.15, -0.1) is 0 Å². The maximum absolute atomic E-state index is 12.4. The summed E-state index contributed by atoms with van der Waals surface area (Å²) in [7, 11) is 0. The minimum Gasteiger partial charge on any atom is -0.454 e. The zero-order valence-corrected chi connectivity index (χ0v) is 18.7. The highest BCUT2D eigenvalue weighted by Gasteiger charge is 2.21. The minimum absolute atomic E-state index is 0.188. The molecule has 1 saturated carbocycles. The van der Waals surface area contributed by atoms with E-state index in [1.165, 1.54) is 10.4 Å². The van der Waals surface area contributed by atoms with Crippen LogP contribution >= 0.6 is 0 Å². The van der Waals surface area contributed by atoms with Crippen LogP contribution in [0.25, 0.3) is 0 Å². The minimum atomic E-state index is -0.199. The molecule has 3 aromatic rings. The highest BCUT2D eigenvalue weighted by molar-refractivity contribution is 5.91. The molecule has 0 atom stereocenters. The van der Waals surface area contributed by atoms with E-state index in [1.807, 2.05) is 6.07 Å². The Balaban J connectivity index is 1.23. The van der Waals surface area contributed by atoms with Gasteiger partial charge in [0.25, 0.3) is 11.5 Å². The maximum Gasteiger partial charge on any atom is 0.287 e. The number of hydrogen-bond acceptors (Lipinski definition) is 6. The Kier molecular flexibility index (Phi) is 6.15. The van der Waals surface area contributed by atoms with Crippen LogP contribution in [0.15, 0.2) is 63.8 Å². The molecule has 1 aliphatic heterocycles. The van der Waals surface area contributed by atoms with E-state index in [2.05, 4.69) is 44.5 Å². The lowest BCUT2D eigenvalue weighted by atomic mass is 10.2. The second kappa shape index (κ2) is 9.52. The van der Waals surface area contributed by atoms with Crippen molar-refractivity contribution < 1.29 is 9.21 Å². The molecular weight excluding hydrogens is 418 g/mol. The van der Waals surface area contributed by atoms with Crippen molar-refractivity contribution in [2.24, 2.45) is 0 Å². The summed E-state index contributed by atoms with van der Waals surface area (Å²) in [4.78, 5) is 29.4.